The highest BCUT2D eigenvalue weighted by Crippen LogP contribution is 2.67. The van der Waals surface area contributed by atoms with Gasteiger partial charge < -0.3 is 15.3 Å². The van der Waals surface area contributed by atoms with Gasteiger partial charge in [0, 0.05) is 5.92 Å². The molecule has 24 heavy (non-hydrogen) atoms. The molecule has 0 aromatic carbocycles. The monoisotopic (exact) mass is 336 g/mol. The molecule has 0 spiro atoms. The van der Waals surface area contributed by atoms with Crippen LogP contribution >= 0.6 is 0 Å². The van der Waals surface area contributed by atoms with E-state index in [2.05, 4.69) is 13.8 Å². The highest BCUT2D eigenvalue weighted by Gasteiger charge is 2.62. The molecule has 3 nitrogen and oxygen atoms in total. The van der Waals surface area contributed by atoms with E-state index in [1.54, 1.807) is 0 Å². The minimum absolute atomic E-state index is 0.0437. The van der Waals surface area contributed by atoms with Crippen LogP contribution in [-0.4, -0.2) is 33.6 Å². The molecule has 0 unspecified atom stereocenters. The maximum Gasteiger partial charge on any atom is 0.0601 e. The smallest absolute Gasteiger partial charge is 0.0601 e. The average molecular weight is 337 g/mol. The lowest BCUT2D eigenvalue weighted by molar-refractivity contribution is -0.133. The van der Waals surface area contributed by atoms with Gasteiger partial charge in [0.15, 0.2) is 0 Å². The van der Waals surface area contributed by atoms with E-state index in [9.17, 15) is 15.3 Å². The van der Waals surface area contributed by atoms with Gasteiger partial charge in [-0.2, -0.15) is 0 Å². The van der Waals surface area contributed by atoms with Gasteiger partial charge in [-0.25, -0.2) is 0 Å². The second-order valence-electron chi connectivity index (χ2n) is 10.2. The third-order valence-corrected chi connectivity index (χ3v) is 9.27. The van der Waals surface area contributed by atoms with Crippen LogP contribution in [0, 0.1) is 40.4 Å². The van der Waals surface area contributed by atoms with E-state index in [0.717, 1.165) is 31.6 Å². The summed E-state index contributed by atoms with van der Waals surface area (Å²) in [5.74, 6) is 2.75. The Morgan fingerprint density at radius 1 is 0.875 bits per heavy atom. The Bertz CT molecular complexity index is 491. The molecule has 3 heteroatoms. The van der Waals surface area contributed by atoms with Crippen LogP contribution in [-0.2, 0) is 0 Å². The van der Waals surface area contributed by atoms with Crippen molar-refractivity contribution < 1.29 is 15.3 Å². The summed E-state index contributed by atoms with van der Waals surface area (Å²) in [6.07, 6.45) is 8.10. The topological polar surface area (TPSA) is 60.7 Å². The lowest BCUT2D eigenvalue weighted by Crippen LogP contribution is -2.54. The van der Waals surface area contributed by atoms with Crippen LogP contribution in [0.15, 0.2) is 0 Å². The average Bonchev–Trinajstić information content (AvgIpc) is 2.78. The largest absolute Gasteiger partial charge is 0.393 e. The zero-order valence-corrected chi connectivity index (χ0v) is 15.6. The number of aliphatic hydroxyl groups is 3. The van der Waals surface area contributed by atoms with Crippen LogP contribution in [0.2, 0.25) is 0 Å². The van der Waals surface area contributed by atoms with Gasteiger partial charge in [-0.3, -0.25) is 0 Å². The lowest BCUT2D eigenvalue weighted by atomic mass is 9.44. The standard InChI is InChI=1S/C21H36O3/c1-12(22)19-18(24)11-17-15-5-4-13-10-14(23)6-8-20(13,2)16(15)7-9-21(17,19)3/h12-19,22-24H,4-11H2,1-3H3/t12-,13-,14-,15+,16-,17-,18-,19+,20+,21+/m1/s1. The van der Waals surface area contributed by atoms with E-state index < -0.39 is 6.10 Å². The number of hydrogen-bond donors (Lipinski definition) is 3. The Kier molecular flexibility index (Phi) is 4.10. The zero-order chi connectivity index (χ0) is 17.3. The molecule has 0 amide bonds. The highest BCUT2D eigenvalue weighted by atomic mass is 16.3. The Morgan fingerprint density at radius 2 is 1.58 bits per heavy atom. The molecule has 4 aliphatic carbocycles. The number of rotatable bonds is 1. The van der Waals surface area contributed by atoms with Gasteiger partial charge in [0.25, 0.3) is 0 Å². The summed E-state index contributed by atoms with van der Waals surface area (Å²) >= 11 is 0. The second-order valence-corrected chi connectivity index (χ2v) is 10.2. The number of aliphatic hydroxyl groups excluding tert-OH is 3. The predicted octanol–water partition coefficient (Wildman–Crippen LogP) is 3.36. The van der Waals surface area contributed by atoms with Crippen LogP contribution < -0.4 is 0 Å². The fraction of sp³-hybridized carbons (Fsp3) is 1.00. The SMILES string of the molecule is C[C@@H](O)[C@H]1[C@H](O)C[C@@H]2[C@H]3CC[C@@H]4C[C@H](O)CC[C@]4(C)[C@@H]3CC[C@]12C. The second kappa shape index (κ2) is 5.69. The minimum Gasteiger partial charge on any atom is -0.393 e. The van der Waals surface area contributed by atoms with Crippen molar-refractivity contribution in [3.8, 4) is 0 Å². The zero-order valence-electron chi connectivity index (χ0n) is 15.6. The van der Waals surface area contributed by atoms with Gasteiger partial charge in [0.1, 0.15) is 0 Å². The Hall–Kier alpha value is -0.120. The summed E-state index contributed by atoms with van der Waals surface area (Å²) in [4.78, 5) is 0. The van der Waals surface area contributed by atoms with E-state index >= 15 is 0 Å². The number of fused-ring (bicyclic) bond motifs is 5. The minimum atomic E-state index is -0.414. The van der Waals surface area contributed by atoms with Crippen LogP contribution in [0.1, 0.15) is 72.1 Å². The molecule has 4 saturated carbocycles. The van der Waals surface area contributed by atoms with Crippen LogP contribution in [0.5, 0.6) is 0 Å². The highest BCUT2D eigenvalue weighted by molar-refractivity contribution is 5.11. The van der Waals surface area contributed by atoms with Gasteiger partial charge in [-0.05, 0) is 92.8 Å². The molecule has 0 saturated heterocycles. The molecule has 4 aliphatic rings. The molecule has 10 atom stereocenters. The third kappa shape index (κ3) is 2.27. The van der Waals surface area contributed by atoms with Crippen LogP contribution in [0.3, 0.4) is 0 Å². The normalized spacial score (nSPS) is 58.5. The summed E-state index contributed by atoms with van der Waals surface area (Å²) in [5.41, 5.74) is 0.490. The first kappa shape index (κ1) is 17.3. The van der Waals surface area contributed by atoms with E-state index in [1.807, 2.05) is 6.92 Å². The molecule has 0 aromatic heterocycles. The van der Waals surface area contributed by atoms with Crippen molar-refractivity contribution in [2.24, 2.45) is 40.4 Å². The van der Waals surface area contributed by atoms with E-state index in [-0.39, 0.29) is 23.5 Å². The third-order valence-electron chi connectivity index (χ3n) is 9.27. The van der Waals surface area contributed by atoms with Crippen LogP contribution in [0.4, 0.5) is 0 Å². The van der Waals surface area contributed by atoms with Gasteiger partial charge in [-0.1, -0.05) is 13.8 Å². The fourth-order valence-corrected chi connectivity index (χ4v) is 8.16. The predicted molar refractivity (Wildman–Crippen MR) is 94.3 cm³/mol. The molecule has 4 fully saturated rings. The maximum absolute atomic E-state index is 10.7. The molecule has 138 valence electrons. The quantitative estimate of drug-likeness (QED) is 0.688. The summed E-state index contributed by atoms with van der Waals surface area (Å²) in [6, 6.07) is 0. The fourth-order valence-electron chi connectivity index (χ4n) is 8.16. The van der Waals surface area contributed by atoms with Crippen molar-refractivity contribution in [1.29, 1.82) is 0 Å². The van der Waals surface area contributed by atoms with Crippen molar-refractivity contribution in [1.82, 2.24) is 0 Å². The summed E-state index contributed by atoms with van der Waals surface area (Å²) in [6.45, 7) is 6.72. The molecule has 0 aromatic rings. The van der Waals surface area contributed by atoms with E-state index in [0.29, 0.717) is 23.2 Å². The molecular formula is C21H36O3. The first-order valence-electron chi connectivity index (χ1n) is 10.3. The molecule has 0 heterocycles. The summed E-state index contributed by atoms with van der Waals surface area (Å²) < 4.78 is 0. The Balaban J connectivity index is 1.63. The molecule has 4 rings (SSSR count). The van der Waals surface area contributed by atoms with Gasteiger partial charge in [0.05, 0.1) is 18.3 Å². The van der Waals surface area contributed by atoms with Crippen molar-refractivity contribution in [2.75, 3.05) is 0 Å². The summed E-state index contributed by atoms with van der Waals surface area (Å²) in [7, 11) is 0. The van der Waals surface area contributed by atoms with Crippen molar-refractivity contribution >= 4 is 0 Å². The van der Waals surface area contributed by atoms with Gasteiger partial charge >= 0.3 is 0 Å². The maximum atomic E-state index is 10.7. The Labute approximate surface area is 146 Å². The van der Waals surface area contributed by atoms with Crippen molar-refractivity contribution in [2.45, 2.75) is 90.4 Å². The molecule has 0 bridgehead atoms. The van der Waals surface area contributed by atoms with E-state index in [1.165, 1.54) is 25.7 Å². The molecule has 0 aliphatic heterocycles. The first-order chi connectivity index (χ1) is 11.3. The lowest BCUT2D eigenvalue weighted by Gasteiger charge is -2.61. The van der Waals surface area contributed by atoms with Crippen molar-refractivity contribution in [3.63, 3.8) is 0 Å². The van der Waals surface area contributed by atoms with E-state index in [4.69, 9.17) is 0 Å². The van der Waals surface area contributed by atoms with Crippen molar-refractivity contribution in [3.05, 3.63) is 0 Å². The van der Waals surface area contributed by atoms with Gasteiger partial charge in [0.2, 0.25) is 0 Å². The first-order valence-corrected chi connectivity index (χ1v) is 10.3. The Morgan fingerprint density at radius 3 is 2.29 bits per heavy atom. The van der Waals surface area contributed by atoms with Crippen LogP contribution in [0.25, 0.3) is 0 Å². The summed E-state index contributed by atoms with van der Waals surface area (Å²) in [5, 5.41) is 31.1. The molecule has 0 radical (unpaired) electrons. The van der Waals surface area contributed by atoms with Gasteiger partial charge in [-0.15, -0.1) is 0 Å². The number of hydrogen-bond acceptors (Lipinski definition) is 3. The molecule has 3 N–H and O–H groups in total. The molecular weight excluding hydrogens is 300 g/mol.